The van der Waals surface area contributed by atoms with E-state index in [9.17, 15) is 0 Å². The molecule has 2 N–H and O–H groups in total. The van der Waals surface area contributed by atoms with Crippen LogP contribution in [0.3, 0.4) is 0 Å². The lowest BCUT2D eigenvalue weighted by molar-refractivity contribution is 0.590. The summed E-state index contributed by atoms with van der Waals surface area (Å²) in [6, 6.07) is 33.5. The molecule has 0 fully saturated rings. The second-order valence-corrected chi connectivity index (χ2v) is 11.9. The molecule has 0 radical (unpaired) electrons. The first-order valence-corrected chi connectivity index (χ1v) is 13.2. The number of imidazole rings is 2. The average molecular weight is 501 g/mol. The number of nitrogens with zero attached hydrogens (tertiary/aromatic N) is 2. The zero-order valence-electron chi connectivity index (χ0n) is 23.1. The molecular weight excluding hydrogens is 464 g/mol. The third kappa shape index (κ3) is 5.55. The lowest BCUT2D eigenvalue weighted by Crippen LogP contribution is -2.10. The van der Waals surface area contributed by atoms with Gasteiger partial charge >= 0.3 is 0 Å². The van der Waals surface area contributed by atoms with Crippen molar-refractivity contribution in [3.8, 4) is 22.8 Å². The fourth-order valence-corrected chi connectivity index (χ4v) is 4.44. The van der Waals surface area contributed by atoms with Crippen LogP contribution in [0.15, 0.2) is 97.1 Å². The summed E-state index contributed by atoms with van der Waals surface area (Å²) in [5.74, 6) is 1.86. The predicted octanol–water partition coefficient (Wildman–Crippen LogP) is 9.05. The Hall–Kier alpha value is -4.18. The second kappa shape index (κ2) is 9.94. The summed E-state index contributed by atoms with van der Waals surface area (Å²) in [7, 11) is 0. The van der Waals surface area contributed by atoms with Crippen LogP contribution < -0.4 is 0 Å². The van der Waals surface area contributed by atoms with Crippen molar-refractivity contribution in [1.29, 1.82) is 0 Å². The molecule has 0 aliphatic carbocycles. The van der Waals surface area contributed by atoms with Gasteiger partial charge in [0.2, 0.25) is 0 Å². The van der Waals surface area contributed by atoms with E-state index in [-0.39, 0.29) is 10.8 Å². The number of H-pyrrole nitrogens is 2. The van der Waals surface area contributed by atoms with Crippen LogP contribution in [0.2, 0.25) is 0 Å². The maximum Gasteiger partial charge on any atom is 0.138 e. The Morgan fingerprint density at radius 3 is 1.11 bits per heavy atom. The maximum absolute atomic E-state index is 4.62. The standard InChI is InChI=1S/2C17H18N2/c2*1-17(2,3)13-10-8-12(9-11-13)16-18-14-6-4-5-7-15(14)19-16/h2*4-11H,1-3H3,(H,18,19). The smallest absolute Gasteiger partial charge is 0.138 e. The van der Waals surface area contributed by atoms with Crippen LogP contribution in [-0.2, 0) is 10.8 Å². The van der Waals surface area contributed by atoms with Crippen molar-refractivity contribution in [2.24, 2.45) is 0 Å². The third-order valence-corrected chi connectivity index (χ3v) is 6.83. The van der Waals surface area contributed by atoms with Crippen LogP contribution in [0.25, 0.3) is 44.8 Å². The highest BCUT2D eigenvalue weighted by molar-refractivity contribution is 5.80. The van der Waals surface area contributed by atoms with E-state index in [0.717, 1.165) is 44.8 Å². The Morgan fingerprint density at radius 2 is 0.789 bits per heavy atom. The van der Waals surface area contributed by atoms with Crippen molar-refractivity contribution in [3.05, 3.63) is 108 Å². The van der Waals surface area contributed by atoms with Gasteiger partial charge in [0.25, 0.3) is 0 Å². The normalized spacial score (nSPS) is 11.9. The maximum atomic E-state index is 4.62. The zero-order chi connectivity index (χ0) is 26.9. The minimum Gasteiger partial charge on any atom is -0.338 e. The van der Waals surface area contributed by atoms with Crippen LogP contribution in [0, 0.1) is 0 Å². The monoisotopic (exact) mass is 500 g/mol. The van der Waals surface area contributed by atoms with Crippen molar-refractivity contribution in [2.75, 3.05) is 0 Å². The highest BCUT2D eigenvalue weighted by Crippen LogP contribution is 2.27. The van der Waals surface area contributed by atoms with Crippen LogP contribution in [0.5, 0.6) is 0 Å². The first kappa shape index (κ1) is 25.5. The minimum absolute atomic E-state index is 0.187. The van der Waals surface area contributed by atoms with Gasteiger partial charge < -0.3 is 9.97 Å². The summed E-state index contributed by atoms with van der Waals surface area (Å²) < 4.78 is 0. The highest BCUT2D eigenvalue weighted by atomic mass is 14.9. The number of fused-ring (bicyclic) bond motifs is 2. The van der Waals surface area contributed by atoms with Gasteiger partial charge in [-0.25, -0.2) is 9.97 Å². The molecule has 6 aromatic rings. The van der Waals surface area contributed by atoms with Gasteiger partial charge in [-0.3, -0.25) is 0 Å². The lowest BCUT2D eigenvalue weighted by Gasteiger charge is -2.18. The van der Waals surface area contributed by atoms with Gasteiger partial charge in [0.15, 0.2) is 0 Å². The van der Waals surface area contributed by atoms with Crippen LogP contribution >= 0.6 is 0 Å². The molecule has 0 aliphatic rings. The van der Waals surface area contributed by atoms with Crippen LogP contribution in [0.4, 0.5) is 0 Å². The van der Waals surface area contributed by atoms with Gasteiger partial charge in [0, 0.05) is 11.1 Å². The van der Waals surface area contributed by atoms with E-state index in [2.05, 4.69) is 122 Å². The predicted molar refractivity (Wildman–Crippen MR) is 160 cm³/mol. The van der Waals surface area contributed by atoms with Gasteiger partial charge in [-0.2, -0.15) is 0 Å². The van der Waals surface area contributed by atoms with Crippen LogP contribution in [-0.4, -0.2) is 19.9 Å². The molecule has 38 heavy (non-hydrogen) atoms. The van der Waals surface area contributed by atoms with Crippen molar-refractivity contribution in [2.45, 2.75) is 52.4 Å². The van der Waals surface area contributed by atoms with Gasteiger partial charge in [-0.1, -0.05) is 114 Å². The molecule has 4 aromatic carbocycles. The summed E-state index contributed by atoms with van der Waals surface area (Å²) in [6.45, 7) is 13.4. The number of benzene rings is 4. The van der Waals surface area contributed by atoms with Gasteiger partial charge in [0.05, 0.1) is 22.1 Å². The summed E-state index contributed by atoms with van der Waals surface area (Å²) in [4.78, 5) is 16.0. The molecule has 0 unspecified atom stereocenters. The Labute approximate surface area is 225 Å². The van der Waals surface area contributed by atoms with Crippen molar-refractivity contribution in [1.82, 2.24) is 19.9 Å². The molecule has 4 heteroatoms. The van der Waals surface area contributed by atoms with E-state index in [4.69, 9.17) is 0 Å². The largest absolute Gasteiger partial charge is 0.338 e. The molecule has 0 spiro atoms. The topological polar surface area (TPSA) is 57.4 Å². The fraction of sp³-hybridized carbons (Fsp3) is 0.235. The second-order valence-electron chi connectivity index (χ2n) is 11.9. The van der Waals surface area contributed by atoms with Crippen molar-refractivity contribution < 1.29 is 0 Å². The van der Waals surface area contributed by atoms with Gasteiger partial charge in [0.1, 0.15) is 11.6 Å². The number of rotatable bonds is 2. The Balaban J connectivity index is 0.000000155. The molecule has 192 valence electrons. The third-order valence-electron chi connectivity index (χ3n) is 6.83. The number of hydrogen-bond acceptors (Lipinski definition) is 2. The molecule has 0 aliphatic heterocycles. The van der Waals surface area contributed by atoms with Gasteiger partial charge in [-0.05, 0) is 46.2 Å². The minimum atomic E-state index is 0.187. The van der Waals surface area contributed by atoms with E-state index in [1.54, 1.807) is 0 Å². The molecule has 2 aromatic heterocycles. The highest BCUT2D eigenvalue weighted by Gasteiger charge is 2.15. The molecule has 0 saturated heterocycles. The number of para-hydroxylation sites is 4. The summed E-state index contributed by atoms with van der Waals surface area (Å²) in [5, 5.41) is 0. The van der Waals surface area contributed by atoms with E-state index in [1.807, 2.05) is 36.4 Å². The average Bonchev–Trinajstić information content (AvgIpc) is 3.53. The summed E-state index contributed by atoms with van der Waals surface area (Å²) in [6.07, 6.45) is 0. The molecular formula is C34H36N4. The molecule has 0 bridgehead atoms. The molecule has 2 heterocycles. The van der Waals surface area contributed by atoms with E-state index >= 15 is 0 Å². The number of nitrogens with one attached hydrogen (secondary N) is 2. The van der Waals surface area contributed by atoms with Crippen LogP contribution in [0.1, 0.15) is 52.7 Å². The zero-order valence-corrected chi connectivity index (χ0v) is 23.1. The SMILES string of the molecule is CC(C)(C)c1ccc(-c2nc3ccccc3[nH]2)cc1.CC(C)(C)c1ccc(-c2nc3ccccc3[nH]2)cc1. The van der Waals surface area contributed by atoms with Crippen molar-refractivity contribution >= 4 is 22.1 Å². The first-order valence-electron chi connectivity index (χ1n) is 13.2. The number of aromatic amines is 2. The molecule has 0 amide bonds. The number of hydrogen-bond donors (Lipinski definition) is 2. The molecule has 0 saturated carbocycles. The molecule has 6 rings (SSSR count). The fourth-order valence-electron chi connectivity index (χ4n) is 4.44. The van der Waals surface area contributed by atoms with Gasteiger partial charge in [-0.15, -0.1) is 0 Å². The molecule has 4 nitrogen and oxygen atoms in total. The Bertz CT molecular complexity index is 1460. The molecule has 0 atom stereocenters. The quantitative estimate of drug-likeness (QED) is 0.249. The van der Waals surface area contributed by atoms with E-state index in [0.29, 0.717) is 0 Å². The lowest BCUT2D eigenvalue weighted by atomic mass is 9.87. The van der Waals surface area contributed by atoms with E-state index < -0.39 is 0 Å². The van der Waals surface area contributed by atoms with E-state index in [1.165, 1.54) is 11.1 Å². The van der Waals surface area contributed by atoms with Crippen molar-refractivity contribution in [3.63, 3.8) is 0 Å². The summed E-state index contributed by atoms with van der Waals surface area (Å²) in [5.41, 5.74) is 9.50. The Kier molecular flexibility index (Phi) is 6.66. The first-order chi connectivity index (χ1) is 18.1. The Morgan fingerprint density at radius 1 is 0.447 bits per heavy atom. The number of aromatic nitrogens is 4. The summed E-state index contributed by atoms with van der Waals surface area (Å²) >= 11 is 0.